The van der Waals surface area contributed by atoms with Crippen molar-refractivity contribution in [2.24, 2.45) is 12.0 Å². The molecule has 5 N–H and O–H groups in total. The van der Waals surface area contributed by atoms with Gasteiger partial charge in [0.1, 0.15) is 22.1 Å². The summed E-state index contributed by atoms with van der Waals surface area (Å²) in [5, 5.41) is 24.2. The molecule has 2 aliphatic rings. The first-order valence-corrected chi connectivity index (χ1v) is 10.7. The molecule has 0 radical (unpaired) electrons. The molecule has 0 aliphatic carbocycles. The largest absolute Gasteiger partial charge is 0.450 e. The van der Waals surface area contributed by atoms with Gasteiger partial charge < -0.3 is 30.7 Å². The zero-order valence-corrected chi connectivity index (χ0v) is 19.2. The molecule has 14 heteroatoms. The van der Waals surface area contributed by atoms with E-state index in [0.29, 0.717) is 18.5 Å². The Bertz CT molecular complexity index is 1300. The van der Waals surface area contributed by atoms with E-state index in [4.69, 9.17) is 38.8 Å². The van der Waals surface area contributed by atoms with E-state index in [2.05, 4.69) is 30.9 Å². The van der Waals surface area contributed by atoms with Gasteiger partial charge in [-0.15, -0.1) is 0 Å². The van der Waals surface area contributed by atoms with Crippen molar-refractivity contribution >= 4 is 57.5 Å². The van der Waals surface area contributed by atoms with Crippen molar-refractivity contribution in [3.05, 3.63) is 46.8 Å². The van der Waals surface area contributed by atoms with E-state index in [0.717, 1.165) is 12.3 Å². The molecule has 1 saturated heterocycles. The number of amidine groups is 1. The van der Waals surface area contributed by atoms with E-state index in [1.807, 2.05) is 0 Å². The maximum absolute atomic E-state index is 14.0. The van der Waals surface area contributed by atoms with Crippen LogP contribution in [0.1, 0.15) is 12.8 Å². The number of aromatic nitrogens is 3. The van der Waals surface area contributed by atoms with Gasteiger partial charge in [0.05, 0.1) is 18.1 Å². The van der Waals surface area contributed by atoms with Crippen LogP contribution < -0.4 is 20.7 Å². The molecule has 1 fully saturated rings. The number of hydrogen-bond acceptors (Lipinski definition) is 8. The van der Waals surface area contributed by atoms with E-state index in [9.17, 15) is 8.78 Å². The zero-order valence-electron chi connectivity index (χ0n) is 17.7. The smallest absolute Gasteiger partial charge is 0.287 e. The molecule has 10 nitrogen and oxygen atoms in total. The van der Waals surface area contributed by atoms with E-state index < -0.39 is 5.92 Å². The Hall–Kier alpha value is -3.51. The minimum Gasteiger partial charge on any atom is -0.450 e. The van der Waals surface area contributed by atoms with Crippen molar-refractivity contribution in [2.45, 2.75) is 18.8 Å². The first kappa shape index (κ1) is 23.6. The molecule has 4 rings (SSSR count). The number of alkyl halides is 2. The van der Waals surface area contributed by atoms with Crippen molar-refractivity contribution < 1.29 is 13.5 Å². The molecule has 0 amide bonds. The number of piperidine rings is 1. The minimum atomic E-state index is -3.02. The maximum atomic E-state index is 14.0. The molecule has 0 unspecified atom stereocenters. The average molecular weight is 510 g/mol. The number of nitrogens with zero attached hydrogens (tertiary/aromatic N) is 4. The van der Waals surface area contributed by atoms with Crippen molar-refractivity contribution in [1.29, 1.82) is 10.8 Å². The van der Waals surface area contributed by atoms with Crippen molar-refractivity contribution in [3.8, 4) is 5.75 Å². The highest BCUT2D eigenvalue weighted by Gasteiger charge is 2.36. The summed E-state index contributed by atoms with van der Waals surface area (Å²) in [6.45, 7) is 0.417. The Kier molecular flexibility index (Phi) is 6.53. The predicted molar refractivity (Wildman–Crippen MR) is 127 cm³/mol. The average Bonchev–Trinajstić information content (AvgIpc) is 3.11. The Morgan fingerprint density at radius 1 is 1.38 bits per heavy atom. The van der Waals surface area contributed by atoms with Gasteiger partial charge in [0.15, 0.2) is 22.3 Å². The molecule has 0 saturated carbocycles. The standard InChI is InChI=1S/C20H19Cl2F2N9O/c1-33-16-14(21)11(34-10(8-25)15-17(22)29-6-5-28-15)9-30-18(16)32-19(33)31-13(26)7-12-20(23,24)3-2-4-27-12/h5-9,25,27-28H,2-4H2,1H3,(H2,26,30,31,32)/b12-7-,15-10+,25-8?. The van der Waals surface area contributed by atoms with Gasteiger partial charge >= 0.3 is 0 Å². The summed E-state index contributed by atoms with van der Waals surface area (Å²) in [7, 11) is 1.62. The monoisotopic (exact) mass is 509 g/mol. The quantitative estimate of drug-likeness (QED) is 0.236. The number of aliphatic imine (C=N–C) groups is 1. The minimum absolute atomic E-state index is 0.0518. The molecular formula is C20H19Cl2F2N9O. The molecule has 2 aliphatic heterocycles. The van der Waals surface area contributed by atoms with Crippen LogP contribution >= 0.6 is 23.2 Å². The van der Waals surface area contributed by atoms with Gasteiger partial charge in [-0.2, -0.15) is 13.8 Å². The van der Waals surface area contributed by atoms with Gasteiger partial charge in [0, 0.05) is 38.5 Å². The summed E-state index contributed by atoms with van der Waals surface area (Å²) in [4.78, 5) is 12.5. The normalized spacial score (nSPS) is 19.8. The number of ether oxygens (including phenoxy) is 1. The Morgan fingerprint density at radius 2 is 2.18 bits per heavy atom. The fourth-order valence-electron chi connectivity index (χ4n) is 3.34. The summed E-state index contributed by atoms with van der Waals surface area (Å²) < 4.78 is 35.4. The van der Waals surface area contributed by atoms with Gasteiger partial charge in [-0.1, -0.05) is 23.2 Å². The summed E-state index contributed by atoms with van der Waals surface area (Å²) in [5.74, 6) is -2.96. The first-order valence-electron chi connectivity index (χ1n) is 9.99. The zero-order chi connectivity index (χ0) is 24.5. The molecular weight excluding hydrogens is 491 g/mol. The summed E-state index contributed by atoms with van der Waals surface area (Å²) in [5.41, 5.74) is 0.569. The lowest BCUT2D eigenvalue weighted by atomic mass is 10.0. The van der Waals surface area contributed by atoms with Gasteiger partial charge in [-0.25, -0.2) is 9.98 Å². The first-order chi connectivity index (χ1) is 16.2. The van der Waals surface area contributed by atoms with Crippen molar-refractivity contribution in [1.82, 2.24) is 25.2 Å². The van der Waals surface area contributed by atoms with E-state index in [1.165, 1.54) is 23.2 Å². The predicted octanol–water partition coefficient (Wildman–Crippen LogP) is 3.87. The third-order valence-electron chi connectivity index (χ3n) is 5.01. The highest BCUT2D eigenvalue weighted by molar-refractivity contribution is 6.69. The molecule has 2 aromatic heterocycles. The second-order valence-corrected chi connectivity index (χ2v) is 8.04. The van der Waals surface area contributed by atoms with Crippen LogP contribution in [0.2, 0.25) is 5.02 Å². The number of imidazole rings is 1. The van der Waals surface area contributed by atoms with Crippen LogP contribution in [-0.2, 0) is 7.05 Å². The van der Waals surface area contributed by atoms with Crippen LogP contribution in [0.15, 0.2) is 46.8 Å². The molecule has 178 valence electrons. The maximum Gasteiger partial charge on any atom is 0.287 e. The van der Waals surface area contributed by atoms with Crippen LogP contribution in [-0.4, -0.2) is 44.2 Å². The van der Waals surface area contributed by atoms with E-state index in [1.54, 1.807) is 7.05 Å². The van der Waals surface area contributed by atoms with E-state index in [-0.39, 0.29) is 56.9 Å². The molecule has 0 atom stereocenters. The molecule has 2 aromatic rings. The summed E-state index contributed by atoms with van der Waals surface area (Å²) in [6.07, 6.45) is 6.38. The number of fused-ring (bicyclic) bond motifs is 1. The van der Waals surface area contributed by atoms with Gasteiger partial charge in [-0.05, 0) is 6.42 Å². The third kappa shape index (κ3) is 4.59. The molecule has 4 heterocycles. The van der Waals surface area contributed by atoms with Crippen molar-refractivity contribution in [2.75, 3.05) is 11.9 Å². The van der Waals surface area contributed by atoms with Crippen LogP contribution in [0, 0.1) is 10.8 Å². The molecule has 0 spiro atoms. The lowest BCUT2D eigenvalue weighted by Crippen LogP contribution is -2.37. The number of nitrogens with one attached hydrogen (secondary N) is 5. The Morgan fingerprint density at radius 3 is 2.88 bits per heavy atom. The summed E-state index contributed by atoms with van der Waals surface area (Å²) in [6, 6.07) is 0. The van der Waals surface area contributed by atoms with Crippen LogP contribution in [0.3, 0.4) is 0 Å². The number of rotatable bonds is 5. The van der Waals surface area contributed by atoms with Crippen LogP contribution in [0.4, 0.5) is 14.7 Å². The number of aryl methyl sites for hydroxylation is 1. The fraction of sp³-hybridized carbons (Fsp3) is 0.250. The number of hydrogen-bond donors (Lipinski definition) is 5. The number of anilines is 1. The molecule has 0 bridgehead atoms. The second kappa shape index (κ2) is 9.39. The fourth-order valence-corrected chi connectivity index (χ4v) is 3.84. The number of halogens is 4. The van der Waals surface area contributed by atoms with E-state index >= 15 is 0 Å². The highest BCUT2D eigenvalue weighted by atomic mass is 35.5. The second-order valence-electron chi connectivity index (χ2n) is 7.30. The lowest BCUT2D eigenvalue weighted by Gasteiger charge is -2.26. The van der Waals surface area contributed by atoms with Gasteiger partial charge in [0.25, 0.3) is 5.92 Å². The Balaban J connectivity index is 1.62. The SMILES string of the molecule is Cn1c(NC(=N)/C=C2\NCCCC2(F)F)nc2ncc(O/C(C=N)=C3/NC=CN=C3Cl)c(Cl)c21. The van der Waals surface area contributed by atoms with Gasteiger partial charge in [-0.3, -0.25) is 5.41 Å². The van der Waals surface area contributed by atoms with Crippen LogP contribution in [0.5, 0.6) is 5.75 Å². The summed E-state index contributed by atoms with van der Waals surface area (Å²) >= 11 is 12.6. The topological polar surface area (TPSA) is 136 Å². The van der Waals surface area contributed by atoms with Crippen LogP contribution in [0.25, 0.3) is 11.2 Å². The molecule has 0 aromatic carbocycles. The molecule has 34 heavy (non-hydrogen) atoms. The number of pyridine rings is 1. The highest BCUT2D eigenvalue weighted by Crippen LogP contribution is 2.34. The Labute approximate surface area is 202 Å². The third-order valence-corrected chi connectivity index (χ3v) is 5.66. The van der Waals surface area contributed by atoms with Gasteiger partial charge in [0.2, 0.25) is 5.95 Å². The lowest BCUT2D eigenvalue weighted by molar-refractivity contribution is 0.0125. The number of allylic oxidation sites excluding steroid dienone is 3. The van der Waals surface area contributed by atoms with Crippen molar-refractivity contribution in [3.63, 3.8) is 0 Å².